The summed E-state index contributed by atoms with van der Waals surface area (Å²) in [6, 6.07) is 5.96. The van der Waals surface area contributed by atoms with E-state index in [9.17, 15) is 9.90 Å². The second-order valence-electron chi connectivity index (χ2n) is 4.62. The van der Waals surface area contributed by atoms with Crippen molar-refractivity contribution in [3.05, 3.63) is 35.0 Å². The van der Waals surface area contributed by atoms with E-state index in [-0.39, 0.29) is 0 Å². The van der Waals surface area contributed by atoms with Crippen LogP contribution in [-0.4, -0.2) is 22.2 Å². The van der Waals surface area contributed by atoms with Gasteiger partial charge in [0.2, 0.25) is 0 Å². The highest BCUT2D eigenvalue weighted by Crippen LogP contribution is 2.30. The first-order valence-electron chi connectivity index (χ1n) is 6.31. The molecule has 0 saturated carbocycles. The highest BCUT2D eigenvalue weighted by atomic mass is 16.4. The Hall–Kier alpha value is -1.81. The average molecular weight is 244 g/mol. The first-order valence-corrected chi connectivity index (χ1v) is 6.31. The third-order valence-corrected chi connectivity index (χ3v) is 3.67. The Morgan fingerprint density at radius 3 is 3.06 bits per heavy atom. The lowest BCUT2D eigenvalue weighted by Crippen LogP contribution is -2.28. The Bertz CT molecular complexity index is 628. The normalized spacial score (nSPS) is 14.7. The van der Waals surface area contributed by atoms with Gasteiger partial charge in [-0.25, -0.2) is 4.79 Å². The van der Waals surface area contributed by atoms with Gasteiger partial charge in [-0.15, -0.1) is 0 Å². The van der Waals surface area contributed by atoms with Crippen LogP contribution < -0.4 is 5.32 Å². The minimum Gasteiger partial charge on any atom is -0.478 e. The number of hydrogen-bond acceptors (Lipinski definition) is 2. The number of carbonyl (C=O) groups is 1. The summed E-state index contributed by atoms with van der Waals surface area (Å²) in [6.07, 6.45) is 0.924. The number of nitrogens with one attached hydrogen (secondary N) is 1. The van der Waals surface area contributed by atoms with Crippen molar-refractivity contribution in [2.45, 2.75) is 26.4 Å². The van der Waals surface area contributed by atoms with Gasteiger partial charge < -0.3 is 15.0 Å². The molecule has 1 aliphatic heterocycles. The molecule has 1 aliphatic rings. The third-order valence-electron chi connectivity index (χ3n) is 3.67. The molecule has 0 bridgehead atoms. The molecule has 0 fully saturated rings. The molecule has 3 rings (SSSR count). The number of carboxylic acid groups (broad SMARTS) is 1. The standard InChI is InChI=1S/C14H16N2O2/c1-2-9-4-3-5-10-12(14(17)18)11-8-15-6-7-16(11)13(9)10/h3-5,15H,2,6-8H2,1H3,(H,17,18). The second-order valence-corrected chi connectivity index (χ2v) is 4.62. The second kappa shape index (κ2) is 4.14. The molecule has 2 N–H and O–H groups in total. The van der Waals surface area contributed by atoms with E-state index in [1.54, 1.807) is 0 Å². The van der Waals surface area contributed by atoms with Crippen LogP contribution in [0.5, 0.6) is 0 Å². The quantitative estimate of drug-likeness (QED) is 0.849. The largest absolute Gasteiger partial charge is 0.478 e. The molecule has 1 aromatic carbocycles. The van der Waals surface area contributed by atoms with Crippen LogP contribution in [-0.2, 0) is 19.5 Å². The minimum atomic E-state index is -0.828. The number of rotatable bonds is 2. The number of fused-ring (bicyclic) bond motifs is 3. The van der Waals surface area contributed by atoms with Crippen LogP contribution in [0.2, 0.25) is 0 Å². The Labute approximate surface area is 105 Å². The molecule has 0 saturated heterocycles. The van der Waals surface area contributed by atoms with Gasteiger partial charge in [0.1, 0.15) is 0 Å². The molecule has 0 atom stereocenters. The van der Waals surface area contributed by atoms with Gasteiger partial charge in [0.25, 0.3) is 0 Å². The van der Waals surface area contributed by atoms with Gasteiger partial charge in [-0.2, -0.15) is 0 Å². The Kier molecular flexibility index (Phi) is 2.59. The molecule has 0 unspecified atom stereocenters. The van der Waals surface area contributed by atoms with E-state index in [1.807, 2.05) is 12.1 Å². The topological polar surface area (TPSA) is 54.3 Å². The summed E-state index contributed by atoms with van der Waals surface area (Å²) in [5.41, 5.74) is 3.70. The lowest BCUT2D eigenvalue weighted by molar-refractivity contribution is 0.0697. The molecule has 4 heteroatoms. The molecular weight excluding hydrogens is 228 g/mol. The monoisotopic (exact) mass is 244 g/mol. The smallest absolute Gasteiger partial charge is 0.338 e. The van der Waals surface area contributed by atoms with Crippen LogP contribution in [0.1, 0.15) is 28.5 Å². The SMILES string of the molecule is CCc1cccc2c(C(=O)O)c3n(c12)CCNC3. The van der Waals surface area contributed by atoms with Gasteiger partial charge in [0, 0.05) is 30.7 Å². The number of aromatic carboxylic acids is 1. The fourth-order valence-corrected chi connectivity index (χ4v) is 2.89. The maximum Gasteiger partial charge on any atom is 0.338 e. The van der Waals surface area contributed by atoms with Crippen molar-refractivity contribution in [3.8, 4) is 0 Å². The van der Waals surface area contributed by atoms with E-state index in [0.29, 0.717) is 12.1 Å². The van der Waals surface area contributed by atoms with Crippen molar-refractivity contribution >= 4 is 16.9 Å². The number of aryl methyl sites for hydroxylation is 1. The summed E-state index contributed by atoms with van der Waals surface area (Å²) in [7, 11) is 0. The van der Waals surface area contributed by atoms with Crippen molar-refractivity contribution in [2.75, 3.05) is 6.54 Å². The number of benzene rings is 1. The van der Waals surface area contributed by atoms with Gasteiger partial charge in [0.15, 0.2) is 0 Å². The Morgan fingerprint density at radius 1 is 1.50 bits per heavy atom. The van der Waals surface area contributed by atoms with Gasteiger partial charge in [-0.05, 0) is 12.0 Å². The van der Waals surface area contributed by atoms with Gasteiger partial charge in [0.05, 0.1) is 11.1 Å². The van der Waals surface area contributed by atoms with E-state index in [4.69, 9.17) is 0 Å². The van der Waals surface area contributed by atoms with E-state index < -0.39 is 5.97 Å². The van der Waals surface area contributed by atoms with Crippen molar-refractivity contribution in [1.29, 1.82) is 0 Å². The average Bonchev–Trinajstić information content (AvgIpc) is 2.73. The molecular formula is C14H16N2O2. The van der Waals surface area contributed by atoms with Crippen molar-refractivity contribution in [3.63, 3.8) is 0 Å². The zero-order valence-corrected chi connectivity index (χ0v) is 10.4. The van der Waals surface area contributed by atoms with E-state index in [1.165, 1.54) is 5.56 Å². The van der Waals surface area contributed by atoms with E-state index in [2.05, 4.69) is 22.9 Å². The maximum atomic E-state index is 11.5. The van der Waals surface area contributed by atoms with Crippen molar-refractivity contribution in [1.82, 2.24) is 9.88 Å². The highest BCUT2D eigenvalue weighted by Gasteiger charge is 2.24. The summed E-state index contributed by atoms with van der Waals surface area (Å²) in [4.78, 5) is 11.5. The Balaban J connectivity index is 2.43. The first-order chi connectivity index (χ1) is 8.74. The zero-order valence-electron chi connectivity index (χ0n) is 10.4. The fourth-order valence-electron chi connectivity index (χ4n) is 2.89. The maximum absolute atomic E-state index is 11.5. The van der Waals surface area contributed by atoms with Crippen molar-refractivity contribution in [2.24, 2.45) is 0 Å². The molecule has 0 spiro atoms. The molecule has 1 aromatic heterocycles. The van der Waals surface area contributed by atoms with E-state index in [0.717, 1.165) is 36.1 Å². The van der Waals surface area contributed by atoms with Crippen molar-refractivity contribution < 1.29 is 9.90 Å². The van der Waals surface area contributed by atoms with E-state index >= 15 is 0 Å². The molecule has 18 heavy (non-hydrogen) atoms. The molecule has 94 valence electrons. The van der Waals surface area contributed by atoms with Crippen LogP contribution in [0, 0.1) is 0 Å². The van der Waals surface area contributed by atoms with Crippen LogP contribution in [0.4, 0.5) is 0 Å². The fraction of sp³-hybridized carbons (Fsp3) is 0.357. The molecule has 0 amide bonds. The van der Waals surface area contributed by atoms with Crippen LogP contribution in [0.15, 0.2) is 18.2 Å². The third kappa shape index (κ3) is 1.46. The first kappa shape index (κ1) is 11.3. The predicted octanol–water partition coefficient (Wildman–Crippen LogP) is 2.01. The lowest BCUT2D eigenvalue weighted by Gasteiger charge is -2.18. The van der Waals surface area contributed by atoms with Gasteiger partial charge >= 0.3 is 5.97 Å². The lowest BCUT2D eigenvalue weighted by atomic mass is 10.1. The number of carboxylic acids is 1. The molecule has 4 nitrogen and oxygen atoms in total. The molecule has 2 aromatic rings. The molecule has 0 radical (unpaired) electrons. The number of aromatic nitrogens is 1. The van der Waals surface area contributed by atoms with Crippen LogP contribution in [0.25, 0.3) is 10.9 Å². The Morgan fingerprint density at radius 2 is 2.33 bits per heavy atom. The summed E-state index contributed by atoms with van der Waals surface area (Å²) in [5, 5.41) is 13.6. The molecule has 2 heterocycles. The summed E-state index contributed by atoms with van der Waals surface area (Å²) in [6.45, 7) is 4.49. The predicted molar refractivity (Wildman–Crippen MR) is 70.0 cm³/mol. The zero-order chi connectivity index (χ0) is 12.7. The highest BCUT2D eigenvalue weighted by molar-refractivity contribution is 6.06. The summed E-state index contributed by atoms with van der Waals surface area (Å²) < 4.78 is 2.17. The number of nitrogens with zero attached hydrogens (tertiary/aromatic N) is 1. The van der Waals surface area contributed by atoms with Crippen LogP contribution in [0.3, 0.4) is 0 Å². The number of para-hydroxylation sites is 1. The summed E-state index contributed by atoms with van der Waals surface area (Å²) >= 11 is 0. The van der Waals surface area contributed by atoms with Crippen LogP contribution >= 0.6 is 0 Å². The summed E-state index contributed by atoms with van der Waals surface area (Å²) in [5.74, 6) is -0.828. The van der Waals surface area contributed by atoms with Gasteiger partial charge in [-0.3, -0.25) is 0 Å². The molecule has 0 aliphatic carbocycles. The van der Waals surface area contributed by atoms with Gasteiger partial charge in [-0.1, -0.05) is 25.1 Å². The minimum absolute atomic E-state index is 0.465. The number of hydrogen-bond donors (Lipinski definition) is 2.